The first-order valence-corrected chi connectivity index (χ1v) is 6.83. The van der Waals surface area contributed by atoms with Gasteiger partial charge in [0, 0.05) is 24.0 Å². The second kappa shape index (κ2) is 6.71. The second-order valence-electron chi connectivity index (χ2n) is 5.01. The number of benzene rings is 1. The van der Waals surface area contributed by atoms with E-state index in [1.54, 1.807) is 30.3 Å². The number of nitrogens with zero attached hydrogens (tertiary/aromatic N) is 1. The van der Waals surface area contributed by atoms with Crippen LogP contribution in [0.2, 0.25) is 0 Å². The van der Waals surface area contributed by atoms with E-state index in [4.69, 9.17) is 0 Å². The van der Waals surface area contributed by atoms with Crippen molar-refractivity contribution in [2.75, 3.05) is 16.0 Å². The third kappa shape index (κ3) is 4.59. The molecule has 3 N–H and O–H groups in total. The number of aromatic nitrogens is 1. The van der Waals surface area contributed by atoms with Gasteiger partial charge in [-0.05, 0) is 55.8 Å². The topological polar surface area (TPSA) is 83.1 Å². The largest absolute Gasteiger partial charge is 0.326 e. The first kappa shape index (κ1) is 15.5. The third-order valence-corrected chi connectivity index (χ3v) is 2.80. The number of rotatable bonds is 3. The number of hydrogen-bond acceptors (Lipinski definition) is 3. The Morgan fingerprint density at radius 1 is 0.909 bits per heavy atom. The minimum absolute atomic E-state index is 0.139. The molecule has 1 aromatic carbocycles. The van der Waals surface area contributed by atoms with Gasteiger partial charge in [0.15, 0.2) is 0 Å². The quantitative estimate of drug-likeness (QED) is 0.813. The van der Waals surface area contributed by atoms with E-state index in [1.807, 2.05) is 19.9 Å². The molecule has 0 bridgehead atoms. The summed E-state index contributed by atoms with van der Waals surface area (Å²) in [4.78, 5) is 27.1. The fourth-order valence-corrected chi connectivity index (χ4v) is 2.02. The molecule has 2 rings (SSSR count). The summed E-state index contributed by atoms with van der Waals surface area (Å²) in [6, 6.07) is 10.2. The summed E-state index contributed by atoms with van der Waals surface area (Å²) in [6.07, 6.45) is 0. The maximum absolute atomic E-state index is 11.9. The van der Waals surface area contributed by atoms with Gasteiger partial charge in [0.1, 0.15) is 5.82 Å². The Labute approximate surface area is 129 Å². The Morgan fingerprint density at radius 3 is 2.05 bits per heavy atom. The number of pyridine rings is 1. The molecule has 6 heteroatoms. The minimum Gasteiger partial charge on any atom is -0.326 e. The van der Waals surface area contributed by atoms with Crippen molar-refractivity contribution in [1.29, 1.82) is 0 Å². The summed E-state index contributed by atoms with van der Waals surface area (Å²) in [7, 11) is 0. The van der Waals surface area contributed by atoms with Crippen LogP contribution in [0.1, 0.15) is 18.2 Å². The van der Waals surface area contributed by atoms with Crippen molar-refractivity contribution in [2.45, 2.75) is 20.8 Å². The van der Waals surface area contributed by atoms with Crippen LogP contribution in [0, 0.1) is 13.8 Å². The predicted octanol–water partition coefficient (Wildman–Crippen LogP) is 3.30. The number of carbonyl (C=O) groups excluding carboxylic acids is 2. The summed E-state index contributed by atoms with van der Waals surface area (Å²) in [5.41, 5.74) is 3.17. The fourth-order valence-electron chi connectivity index (χ4n) is 2.02. The van der Waals surface area contributed by atoms with Crippen LogP contribution >= 0.6 is 0 Å². The van der Waals surface area contributed by atoms with Gasteiger partial charge in [-0.2, -0.15) is 0 Å². The number of carbonyl (C=O) groups is 2. The van der Waals surface area contributed by atoms with Crippen LogP contribution in [0.15, 0.2) is 36.4 Å². The van der Waals surface area contributed by atoms with Crippen LogP contribution in [-0.2, 0) is 4.79 Å². The lowest BCUT2D eigenvalue weighted by molar-refractivity contribution is -0.114. The van der Waals surface area contributed by atoms with Crippen LogP contribution < -0.4 is 16.0 Å². The molecular formula is C16H18N4O2. The van der Waals surface area contributed by atoms with Crippen LogP contribution in [0.4, 0.5) is 22.0 Å². The molecule has 0 unspecified atom stereocenters. The average Bonchev–Trinajstić information content (AvgIpc) is 2.39. The first-order chi connectivity index (χ1) is 10.4. The molecule has 0 spiro atoms. The summed E-state index contributed by atoms with van der Waals surface area (Å²) in [6.45, 7) is 5.26. The number of nitrogens with one attached hydrogen (secondary N) is 3. The summed E-state index contributed by atoms with van der Waals surface area (Å²) < 4.78 is 0. The first-order valence-electron chi connectivity index (χ1n) is 6.83. The highest BCUT2D eigenvalue weighted by molar-refractivity contribution is 5.99. The maximum Gasteiger partial charge on any atom is 0.324 e. The van der Waals surface area contributed by atoms with E-state index >= 15 is 0 Å². The molecule has 0 saturated heterocycles. The smallest absolute Gasteiger partial charge is 0.324 e. The lowest BCUT2D eigenvalue weighted by Crippen LogP contribution is -2.20. The van der Waals surface area contributed by atoms with Crippen molar-refractivity contribution in [2.24, 2.45) is 0 Å². The summed E-state index contributed by atoms with van der Waals surface area (Å²) in [5, 5.41) is 8.06. The van der Waals surface area contributed by atoms with Gasteiger partial charge in [0.2, 0.25) is 5.91 Å². The van der Waals surface area contributed by atoms with Gasteiger partial charge in [-0.15, -0.1) is 0 Å². The summed E-state index contributed by atoms with van der Waals surface area (Å²) >= 11 is 0. The van der Waals surface area contributed by atoms with E-state index in [-0.39, 0.29) is 11.9 Å². The van der Waals surface area contributed by atoms with Crippen molar-refractivity contribution in [3.8, 4) is 0 Å². The van der Waals surface area contributed by atoms with Crippen LogP contribution in [0.3, 0.4) is 0 Å². The van der Waals surface area contributed by atoms with Crippen molar-refractivity contribution in [3.63, 3.8) is 0 Å². The van der Waals surface area contributed by atoms with Crippen molar-refractivity contribution in [3.05, 3.63) is 47.7 Å². The lowest BCUT2D eigenvalue weighted by Gasteiger charge is -2.09. The molecule has 0 aliphatic carbocycles. The molecule has 22 heavy (non-hydrogen) atoms. The van der Waals surface area contributed by atoms with Gasteiger partial charge >= 0.3 is 6.03 Å². The normalized spacial score (nSPS) is 9.95. The average molecular weight is 298 g/mol. The van der Waals surface area contributed by atoms with E-state index in [0.29, 0.717) is 17.2 Å². The molecule has 0 atom stereocenters. The van der Waals surface area contributed by atoms with Gasteiger partial charge in [-0.1, -0.05) is 0 Å². The zero-order valence-electron chi connectivity index (χ0n) is 12.7. The van der Waals surface area contributed by atoms with Crippen molar-refractivity contribution < 1.29 is 9.59 Å². The van der Waals surface area contributed by atoms with Crippen LogP contribution in [0.5, 0.6) is 0 Å². The van der Waals surface area contributed by atoms with E-state index in [2.05, 4.69) is 20.9 Å². The number of hydrogen-bond donors (Lipinski definition) is 3. The van der Waals surface area contributed by atoms with Crippen LogP contribution in [0.25, 0.3) is 0 Å². The highest BCUT2D eigenvalue weighted by Gasteiger charge is 2.05. The molecule has 2 aromatic rings. The number of aryl methyl sites for hydroxylation is 2. The highest BCUT2D eigenvalue weighted by atomic mass is 16.2. The van der Waals surface area contributed by atoms with Gasteiger partial charge < -0.3 is 10.6 Å². The zero-order chi connectivity index (χ0) is 16.1. The Hall–Kier alpha value is -2.89. The molecule has 0 radical (unpaired) electrons. The standard InChI is InChI=1S/C16H18N4O2/c1-10-8-11(2)17-15(9-10)20-16(22)19-14-6-4-13(5-7-14)18-12(3)21/h4-9H,1-3H3,(H,18,21)(H2,17,19,20,22). The third-order valence-electron chi connectivity index (χ3n) is 2.80. The van der Waals surface area contributed by atoms with E-state index in [1.165, 1.54) is 6.92 Å². The predicted molar refractivity (Wildman–Crippen MR) is 87.1 cm³/mol. The van der Waals surface area contributed by atoms with E-state index in [9.17, 15) is 9.59 Å². The molecule has 114 valence electrons. The Kier molecular flexibility index (Phi) is 4.73. The Morgan fingerprint density at radius 2 is 1.50 bits per heavy atom. The fraction of sp³-hybridized carbons (Fsp3) is 0.188. The number of anilines is 3. The molecular weight excluding hydrogens is 280 g/mol. The molecule has 1 heterocycles. The lowest BCUT2D eigenvalue weighted by atomic mass is 10.2. The minimum atomic E-state index is -0.371. The van der Waals surface area contributed by atoms with Crippen LogP contribution in [-0.4, -0.2) is 16.9 Å². The van der Waals surface area contributed by atoms with Crippen molar-refractivity contribution in [1.82, 2.24) is 4.98 Å². The molecule has 0 aliphatic heterocycles. The Balaban J connectivity index is 1.98. The second-order valence-corrected chi connectivity index (χ2v) is 5.01. The molecule has 0 fully saturated rings. The molecule has 0 saturated carbocycles. The summed E-state index contributed by atoms with van der Waals surface area (Å²) in [5.74, 6) is 0.365. The van der Waals surface area contributed by atoms with Gasteiger partial charge in [0.05, 0.1) is 0 Å². The highest BCUT2D eigenvalue weighted by Crippen LogP contribution is 2.14. The zero-order valence-corrected chi connectivity index (χ0v) is 12.7. The van der Waals surface area contributed by atoms with Crippen molar-refractivity contribution >= 4 is 29.1 Å². The molecule has 3 amide bonds. The van der Waals surface area contributed by atoms with E-state index in [0.717, 1.165) is 11.3 Å². The monoisotopic (exact) mass is 298 g/mol. The SMILES string of the molecule is CC(=O)Nc1ccc(NC(=O)Nc2cc(C)cc(C)n2)cc1. The Bertz CT molecular complexity index is 676. The molecule has 0 aliphatic rings. The van der Waals surface area contributed by atoms with Gasteiger partial charge in [-0.3, -0.25) is 10.1 Å². The van der Waals surface area contributed by atoms with Gasteiger partial charge in [-0.25, -0.2) is 9.78 Å². The number of amides is 3. The number of urea groups is 1. The van der Waals surface area contributed by atoms with Gasteiger partial charge in [0.25, 0.3) is 0 Å². The maximum atomic E-state index is 11.9. The van der Waals surface area contributed by atoms with E-state index < -0.39 is 0 Å². The molecule has 6 nitrogen and oxygen atoms in total. The molecule has 1 aromatic heterocycles.